The van der Waals surface area contributed by atoms with E-state index in [0.717, 1.165) is 49.3 Å². The molecule has 1 aliphatic heterocycles. The van der Waals surface area contributed by atoms with Gasteiger partial charge in [0.05, 0.1) is 18.2 Å². The Hall–Kier alpha value is -3.24. The molecule has 0 spiro atoms. The summed E-state index contributed by atoms with van der Waals surface area (Å²) < 4.78 is 49.8. The molecule has 10 heteroatoms. The molecular formula is C30H34F3N5O2. The van der Waals surface area contributed by atoms with Gasteiger partial charge >= 0.3 is 6.18 Å². The van der Waals surface area contributed by atoms with Crippen LogP contribution in [0.15, 0.2) is 36.4 Å². The van der Waals surface area contributed by atoms with Crippen LogP contribution in [0.1, 0.15) is 89.2 Å². The van der Waals surface area contributed by atoms with E-state index >= 15 is 0 Å². The van der Waals surface area contributed by atoms with Crippen LogP contribution in [0.5, 0.6) is 0 Å². The first-order chi connectivity index (χ1) is 19.0. The molecule has 2 saturated carbocycles. The number of aromatic nitrogens is 3. The molecule has 1 N–H and O–H groups in total. The number of carbonyl (C=O) groups excluding carboxylic acids is 1. The topological polar surface area (TPSA) is 72.3 Å². The molecule has 1 aromatic heterocycles. The maximum absolute atomic E-state index is 14.1. The second-order valence-corrected chi connectivity index (χ2v) is 11.7. The van der Waals surface area contributed by atoms with Crippen LogP contribution in [-0.2, 0) is 37.5 Å². The fourth-order valence-corrected chi connectivity index (χ4v) is 6.10. The molecular weight excluding hydrogens is 519 g/mol. The third-order valence-electron chi connectivity index (χ3n) is 8.96. The predicted octanol–water partition coefficient (Wildman–Crippen LogP) is 5.51. The fraction of sp³-hybridized carbons (Fsp3) is 0.500. The standard InChI is InChI=1S/C30H34F3N5O2/c1-29(8-5-9-29)34-16-19-11-23-24(25(12-19)30(31,32)33)17-38(28(23)39)21-7-4-6-18(10-21)13-26-35-36-27(37(26)2)20-14-22(15-20)40-3/h4,6-7,10-12,20,22,34H,5,8-9,13-17H2,1-3H3. The highest BCUT2D eigenvalue weighted by molar-refractivity contribution is 6.10. The minimum absolute atomic E-state index is 0.0364. The number of nitrogens with one attached hydrogen (secondary N) is 1. The van der Waals surface area contributed by atoms with Crippen LogP contribution in [0.25, 0.3) is 0 Å². The molecule has 1 amide bonds. The number of ether oxygens (including phenoxy) is 1. The Balaban J connectivity index is 1.22. The van der Waals surface area contributed by atoms with Crippen molar-refractivity contribution in [3.63, 3.8) is 0 Å². The van der Waals surface area contributed by atoms with Crippen LogP contribution in [0, 0.1) is 0 Å². The summed E-state index contributed by atoms with van der Waals surface area (Å²) in [6.07, 6.45) is 1.16. The number of fused-ring (bicyclic) bond motifs is 1. The molecule has 2 aliphatic carbocycles. The minimum atomic E-state index is -4.55. The van der Waals surface area contributed by atoms with Crippen molar-refractivity contribution in [2.45, 2.75) is 82.3 Å². The zero-order valence-corrected chi connectivity index (χ0v) is 23.0. The van der Waals surface area contributed by atoms with Crippen molar-refractivity contribution in [2.75, 3.05) is 12.0 Å². The maximum atomic E-state index is 14.1. The highest BCUT2D eigenvalue weighted by Crippen LogP contribution is 2.41. The Labute approximate surface area is 231 Å². The predicted molar refractivity (Wildman–Crippen MR) is 144 cm³/mol. The van der Waals surface area contributed by atoms with E-state index in [4.69, 9.17) is 4.74 Å². The molecule has 3 aliphatic rings. The van der Waals surface area contributed by atoms with E-state index < -0.39 is 17.6 Å². The zero-order chi connectivity index (χ0) is 28.2. The van der Waals surface area contributed by atoms with Crippen molar-refractivity contribution in [1.82, 2.24) is 20.1 Å². The number of nitrogens with zero attached hydrogens (tertiary/aromatic N) is 4. The van der Waals surface area contributed by atoms with Crippen LogP contribution in [0.2, 0.25) is 0 Å². The second kappa shape index (κ2) is 9.99. The van der Waals surface area contributed by atoms with Gasteiger partial charge in [-0.15, -0.1) is 10.2 Å². The van der Waals surface area contributed by atoms with Crippen molar-refractivity contribution < 1.29 is 22.7 Å². The zero-order valence-electron chi connectivity index (χ0n) is 23.0. The van der Waals surface area contributed by atoms with Crippen LogP contribution in [0.4, 0.5) is 18.9 Å². The lowest BCUT2D eigenvalue weighted by Crippen LogP contribution is -2.47. The molecule has 6 rings (SSSR count). The number of hydrogen-bond acceptors (Lipinski definition) is 5. The van der Waals surface area contributed by atoms with Gasteiger partial charge in [-0.05, 0) is 80.0 Å². The Morgan fingerprint density at radius 3 is 2.58 bits per heavy atom. The molecule has 2 heterocycles. The lowest BCUT2D eigenvalue weighted by atomic mass is 9.78. The summed E-state index contributed by atoms with van der Waals surface area (Å²) in [4.78, 5) is 14.9. The van der Waals surface area contributed by atoms with Gasteiger partial charge in [0.2, 0.25) is 0 Å². The van der Waals surface area contributed by atoms with Gasteiger partial charge in [-0.25, -0.2) is 0 Å². The molecule has 40 heavy (non-hydrogen) atoms. The first kappa shape index (κ1) is 27.0. The number of amides is 1. The van der Waals surface area contributed by atoms with Gasteiger partial charge in [0, 0.05) is 49.8 Å². The van der Waals surface area contributed by atoms with E-state index in [1.807, 2.05) is 29.8 Å². The molecule has 2 fully saturated rings. The summed E-state index contributed by atoms with van der Waals surface area (Å²) in [6, 6.07) is 10.2. The molecule has 0 radical (unpaired) electrons. The second-order valence-electron chi connectivity index (χ2n) is 11.7. The molecule has 2 aromatic carbocycles. The van der Waals surface area contributed by atoms with Crippen LogP contribution >= 0.6 is 0 Å². The molecule has 212 valence electrons. The summed E-state index contributed by atoms with van der Waals surface area (Å²) in [5, 5.41) is 12.2. The van der Waals surface area contributed by atoms with Gasteiger partial charge < -0.3 is 19.5 Å². The number of hydrogen-bond donors (Lipinski definition) is 1. The van der Waals surface area contributed by atoms with Gasteiger partial charge in [-0.2, -0.15) is 13.2 Å². The number of methoxy groups -OCH3 is 1. The molecule has 3 aromatic rings. The number of benzene rings is 2. The van der Waals surface area contributed by atoms with E-state index in [-0.39, 0.29) is 29.3 Å². The third-order valence-corrected chi connectivity index (χ3v) is 8.96. The number of rotatable bonds is 8. The first-order valence-electron chi connectivity index (χ1n) is 13.8. The summed E-state index contributed by atoms with van der Waals surface area (Å²) in [7, 11) is 3.67. The average Bonchev–Trinajstić information content (AvgIpc) is 3.40. The number of halogens is 3. The normalized spacial score (nSPS) is 21.8. The Kier molecular flexibility index (Phi) is 6.73. The van der Waals surface area contributed by atoms with Crippen molar-refractivity contribution in [1.29, 1.82) is 0 Å². The van der Waals surface area contributed by atoms with E-state index in [2.05, 4.69) is 22.4 Å². The van der Waals surface area contributed by atoms with Gasteiger partial charge in [-0.3, -0.25) is 4.79 Å². The summed E-state index contributed by atoms with van der Waals surface area (Å²) in [6.45, 7) is 2.26. The first-order valence-corrected chi connectivity index (χ1v) is 13.8. The Bertz CT molecular complexity index is 1440. The van der Waals surface area contributed by atoms with Crippen LogP contribution in [0.3, 0.4) is 0 Å². The number of alkyl halides is 3. The van der Waals surface area contributed by atoms with Crippen molar-refractivity contribution in [3.05, 3.63) is 75.9 Å². The van der Waals surface area contributed by atoms with Crippen LogP contribution < -0.4 is 10.2 Å². The van der Waals surface area contributed by atoms with Gasteiger partial charge in [0.25, 0.3) is 5.91 Å². The van der Waals surface area contributed by atoms with Crippen molar-refractivity contribution in [3.8, 4) is 0 Å². The largest absolute Gasteiger partial charge is 0.416 e. The van der Waals surface area contributed by atoms with E-state index in [1.54, 1.807) is 19.2 Å². The maximum Gasteiger partial charge on any atom is 0.416 e. The van der Waals surface area contributed by atoms with Gasteiger partial charge in [0.1, 0.15) is 11.6 Å². The van der Waals surface area contributed by atoms with E-state index in [9.17, 15) is 18.0 Å². The summed E-state index contributed by atoms with van der Waals surface area (Å²) in [5.74, 6) is 1.64. The lowest BCUT2D eigenvalue weighted by Gasteiger charge is -2.39. The molecule has 7 nitrogen and oxygen atoms in total. The summed E-state index contributed by atoms with van der Waals surface area (Å²) >= 11 is 0. The third kappa shape index (κ3) is 4.92. The van der Waals surface area contributed by atoms with Crippen LogP contribution in [-0.4, -0.2) is 39.4 Å². The molecule has 0 bridgehead atoms. The highest BCUT2D eigenvalue weighted by atomic mass is 19.4. The highest BCUT2D eigenvalue weighted by Gasteiger charge is 2.41. The minimum Gasteiger partial charge on any atom is -0.381 e. The Morgan fingerprint density at radius 2 is 1.90 bits per heavy atom. The smallest absolute Gasteiger partial charge is 0.381 e. The number of anilines is 1. The van der Waals surface area contributed by atoms with E-state index in [1.165, 1.54) is 11.0 Å². The SMILES string of the molecule is COC1CC(c2nnc(Cc3cccc(N4Cc5c(cc(CNC6(C)CCC6)cc5C(F)(F)F)C4=O)c3)n2C)C1. The van der Waals surface area contributed by atoms with Crippen molar-refractivity contribution in [2.24, 2.45) is 7.05 Å². The van der Waals surface area contributed by atoms with Crippen molar-refractivity contribution >= 4 is 11.6 Å². The van der Waals surface area contributed by atoms with Gasteiger partial charge in [-0.1, -0.05) is 12.1 Å². The summed E-state index contributed by atoms with van der Waals surface area (Å²) in [5.41, 5.74) is 1.33. The fourth-order valence-electron chi connectivity index (χ4n) is 6.10. The average molecular weight is 554 g/mol. The molecule has 0 atom stereocenters. The number of carbonyl (C=O) groups is 1. The molecule has 0 unspecified atom stereocenters. The lowest BCUT2D eigenvalue weighted by molar-refractivity contribution is -0.138. The quantitative estimate of drug-likeness (QED) is 0.398. The van der Waals surface area contributed by atoms with E-state index in [0.29, 0.717) is 30.1 Å². The molecule has 0 saturated heterocycles. The monoisotopic (exact) mass is 553 g/mol. The van der Waals surface area contributed by atoms with Gasteiger partial charge in [0.15, 0.2) is 0 Å². The Morgan fingerprint density at radius 1 is 1.12 bits per heavy atom.